The molecule has 168 valence electrons. The lowest BCUT2D eigenvalue weighted by atomic mass is 10.2. The Balaban J connectivity index is 1.68. The highest BCUT2D eigenvalue weighted by Crippen LogP contribution is 2.25. The van der Waals surface area contributed by atoms with Crippen molar-refractivity contribution in [3.05, 3.63) is 87.2 Å². The van der Waals surface area contributed by atoms with Crippen molar-refractivity contribution in [1.29, 1.82) is 0 Å². The Labute approximate surface area is 203 Å². The van der Waals surface area contributed by atoms with Crippen LogP contribution >= 0.6 is 27.7 Å². The molecule has 10 heteroatoms. The molecular formula is C23H20BrFN6OS. The fourth-order valence-corrected chi connectivity index (χ4v) is 4.44. The number of nitrogens with one attached hydrogen (secondary N) is 1. The molecule has 0 atom stereocenters. The van der Waals surface area contributed by atoms with Crippen LogP contribution in [0.1, 0.15) is 33.1 Å². The number of nitrogens with zero attached hydrogens (tertiary/aromatic N) is 5. The Morgan fingerprint density at radius 3 is 2.42 bits per heavy atom. The molecule has 0 aliphatic carbocycles. The number of hydrogen-bond acceptors (Lipinski definition) is 6. The number of aromatic nitrogens is 5. The number of carbonyl (C=O) groups excluding carboxylic acids is 1. The van der Waals surface area contributed by atoms with Gasteiger partial charge in [0.2, 0.25) is 0 Å². The topological polar surface area (TPSA) is 85.6 Å². The summed E-state index contributed by atoms with van der Waals surface area (Å²) in [5, 5.41) is 11.5. The summed E-state index contributed by atoms with van der Waals surface area (Å²) in [6, 6.07) is 14.0. The van der Waals surface area contributed by atoms with E-state index in [1.54, 1.807) is 10.7 Å². The first kappa shape index (κ1) is 23.1. The number of thioether (sulfide) groups is 1. The van der Waals surface area contributed by atoms with Crippen molar-refractivity contribution >= 4 is 39.3 Å². The van der Waals surface area contributed by atoms with Gasteiger partial charge in [-0.3, -0.25) is 4.79 Å². The third-order valence-corrected chi connectivity index (χ3v) is 6.09. The molecule has 7 nitrogen and oxygen atoms in total. The number of rotatable bonds is 6. The van der Waals surface area contributed by atoms with Gasteiger partial charge in [-0.15, -0.1) is 5.10 Å². The van der Waals surface area contributed by atoms with Crippen LogP contribution in [-0.2, 0) is 5.75 Å². The van der Waals surface area contributed by atoms with Crippen molar-refractivity contribution in [2.24, 2.45) is 0 Å². The number of aryl methyl sites for hydroxylation is 3. The normalized spacial score (nSPS) is 10.9. The van der Waals surface area contributed by atoms with Gasteiger partial charge in [-0.2, -0.15) is 0 Å². The van der Waals surface area contributed by atoms with Gasteiger partial charge in [-0.1, -0.05) is 50.6 Å². The second-order valence-corrected chi connectivity index (χ2v) is 9.29. The summed E-state index contributed by atoms with van der Waals surface area (Å²) in [4.78, 5) is 22.0. The van der Waals surface area contributed by atoms with Gasteiger partial charge in [-0.25, -0.2) is 19.0 Å². The molecule has 4 rings (SSSR count). The zero-order valence-corrected chi connectivity index (χ0v) is 20.5. The lowest BCUT2D eigenvalue weighted by Gasteiger charge is -2.10. The standard InChI is InChI=1S/C23H20BrFN6OS/c1-13-4-7-17(8-5-13)31-20(12-33-23-26-14(2)10-15(3)27-23)21(29-30-31)22(32)28-19-9-6-16(24)11-18(19)25/h4-11H,12H2,1-3H3,(H,28,32). The van der Waals surface area contributed by atoms with E-state index in [2.05, 4.69) is 41.5 Å². The van der Waals surface area contributed by atoms with Crippen molar-refractivity contribution in [2.45, 2.75) is 31.7 Å². The fraction of sp³-hybridized carbons (Fsp3) is 0.174. The number of anilines is 1. The van der Waals surface area contributed by atoms with Crippen molar-refractivity contribution in [3.63, 3.8) is 0 Å². The van der Waals surface area contributed by atoms with Crippen LogP contribution in [0.3, 0.4) is 0 Å². The summed E-state index contributed by atoms with van der Waals surface area (Å²) in [7, 11) is 0. The number of amides is 1. The van der Waals surface area contributed by atoms with Gasteiger partial charge in [0.25, 0.3) is 5.91 Å². The summed E-state index contributed by atoms with van der Waals surface area (Å²) < 4.78 is 16.5. The van der Waals surface area contributed by atoms with Gasteiger partial charge >= 0.3 is 0 Å². The maximum Gasteiger partial charge on any atom is 0.278 e. The second-order valence-electron chi connectivity index (χ2n) is 7.43. The summed E-state index contributed by atoms with van der Waals surface area (Å²) in [6.45, 7) is 5.80. The van der Waals surface area contributed by atoms with Crippen LogP contribution in [0.2, 0.25) is 0 Å². The fourth-order valence-electron chi connectivity index (χ4n) is 3.16. The summed E-state index contributed by atoms with van der Waals surface area (Å²) in [5.41, 5.74) is 4.31. The molecule has 1 N–H and O–H groups in total. The minimum atomic E-state index is -0.553. The molecule has 2 aromatic carbocycles. The van der Waals surface area contributed by atoms with Crippen LogP contribution in [0.5, 0.6) is 0 Å². The molecule has 0 saturated heterocycles. The van der Waals surface area contributed by atoms with Crippen LogP contribution in [-0.4, -0.2) is 30.9 Å². The average molecular weight is 527 g/mol. The predicted molar refractivity (Wildman–Crippen MR) is 129 cm³/mol. The molecular weight excluding hydrogens is 507 g/mol. The predicted octanol–water partition coefficient (Wildman–Crippen LogP) is 5.43. The van der Waals surface area contributed by atoms with Crippen molar-refractivity contribution < 1.29 is 9.18 Å². The molecule has 0 unspecified atom stereocenters. The minimum Gasteiger partial charge on any atom is -0.318 e. The van der Waals surface area contributed by atoms with Crippen LogP contribution in [0, 0.1) is 26.6 Å². The highest BCUT2D eigenvalue weighted by molar-refractivity contribution is 9.10. The molecule has 0 aliphatic heterocycles. The van der Waals surface area contributed by atoms with E-state index in [1.165, 1.54) is 23.9 Å². The number of benzene rings is 2. The van der Waals surface area contributed by atoms with Crippen LogP contribution in [0.15, 0.2) is 58.2 Å². The molecule has 1 amide bonds. The van der Waals surface area contributed by atoms with Gasteiger partial charge in [0.15, 0.2) is 10.9 Å². The molecule has 0 fully saturated rings. The number of carbonyl (C=O) groups is 1. The Bertz CT molecular complexity index is 1310. The average Bonchev–Trinajstić information content (AvgIpc) is 3.18. The van der Waals surface area contributed by atoms with Gasteiger partial charge in [-0.05, 0) is 57.2 Å². The van der Waals surface area contributed by atoms with Gasteiger partial charge in [0, 0.05) is 21.6 Å². The third-order valence-electron chi connectivity index (χ3n) is 4.74. The zero-order valence-electron chi connectivity index (χ0n) is 18.1. The first-order valence-electron chi connectivity index (χ1n) is 10.0. The second kappa shape index (κ2) is 9.80. The monoisotopic (exact) mass is 526 g/mol. The van der Waals surface area contributed by atoms with E-state index in [-0.39, 0.29) is 11.4 Å². The summed E-state index contributed by atoms with van der Waals surface area (Å²) in [6.07, 6.45) is 0. The van der Waals surface area contributed by atoms with E-state index in [0.717, 1.165) is 22.6 Å². The lowest BCUT2D eigenvalue weighted by Crippen LogP contribution is -2.16. The maximum absolute atomic E-state index is 14.3. The summed E-state index contributed by atoms with van der Waals surface area (Å²) in [5.74, 6) is -0.759. The molecule has 4 aromatic rings. The third kappa shape index (κ3) is 5.45. The molecule has 0 radical (unpaired) electrons. The molecule has 33 heavy (non-hydrogen) atoms. The molecule has 0 aliphatic rings. The first-order valence-corrected chi connectivity index (χ1v) is 11.8. The largest absolute Gasteiger partial charge is 0.318 e. The first-order chi connectivity index (χ1) is 15.8. The van der Waals surface area contributed by atoms with E-state index in [4.69, 9.17) is 0 Å². The van der Waals surface area contributed by atoms with Gasteiger partial charge in [0.1, 0.15) is 5.82 Å². The SMILES string of the molecule is Cc1ccc(-n2nnc(C(=O)Nc3ccc(Br)cc3F)c2CSc2nc(C)cc(C)n2)cc1. The maximum atomic E-state index is 14.3. The molecule has 2 heterocycles. The van der Waals surface area contributed by atoms with Crippen LogP contribution in [0.4, 0.5) is 10.1 Å². The Morgan fingerprint density at radius 2 is 1.76 bits per heavy atom. The molecule has 0 bridgehead atoms. The number of halogens is 2. The Kier molecular flexibility index (Phi) is 6.85. The highest BCUT2D eigenvalue weighted by atomic mass is 79.9. The van der Waals surface area contributed by atoms with Crippen molar-refractivity contribution in [3.8, 4) is 5.69 Å². The van der Waals surface area contributed by atoms with E-state index >= 15 is 0 Å². The van der Waals surface area contributed by atoms with Crippen LogP contribution in [0.25, 0.3) is 5.69 Å². The van der Waals surface area contributed by atoms with Gasteiger partial charge in [0.05, 0.1) is 17.1 Å². The summed E-state index contributed by atoms with van der Waals surface area (Å²) >= 11 is 4.59. The minimum absolute atomic E-state index is 0.0596. The van der Waals surface area contributed by atoms with E-state index < -0.39 is 11.7 Å². The van der Waals surface area contributed by atoms with E-state index in [1.807, 2.05) is 51.1 Å². The van der Waals surface area contributed by atoms with Crippen LogP contribution < -0.4 is 5.32 Å². The molecule has 0 saturated carbocycles. The Morgan fingerprint density at radius 1 is 1.06 bits per heavy atom. The smallest absolute Gasteiger partial charge is 0.278 e. The van der Waals surface area contributed by atoms with Gasteiger partial charge < -0.3 is 5.32 Å². The lowest BCUT2D eigenvalue weighted by molar-refractivity contribution is 0.102. The highest BCUT2D eigenvalue weighted by Gasteiger charge is 2.22. The van der Waals surface area contributed by atoms with E-state index in [0.29, 0.717) is 21.1 Å². The quantitative estimate of drug-likeness (QED) is 0.266. The number of hydrogen-bond donors (Lipinski definition) is 1. The van der Waals surface area contributed by atoms with Crippen molar-refractivity contribution in [2.75, 3.05) is 5.32 Å². The zero-order chi connectivity index (χ0) is 23.5. The van der Waals surface area contributed by atoms with Crippen molar-refractivity contribution in [1.82, 2.24) is 25.0 Å². The molecule has 0 spiro atoms. The Hall–Kier alpha value is -3.11. The molecule has 2 aromatic heterocycles. The van der Waals surface area contributed by atoms with E-state index in [9.17, 15) is 9.18 Å².